The van der Waals surface area contributed by atoms with Gasteiger partial charge in [-0.1, -0.05) is 25.5 Å². The van der Waals surface area contributed by atoms with Crippen molar-refractivity contribution in [3.63, 3.8) is 0 Å². The Kier molecular flexibility index (Phi) is 5.91. The van der Waals surface area contributed by atoms with E-state index < -0.39 is 6.10 Å². The fraction of sp³-hybridized carbons (Fsp3) is 0.350. The molecule has 2 N–H and O–H groups in total. The molecule has 1 atom stereocenters. The first-order valence-electron chi connectivity index (χ1n) is 8.22. The normalized spacial score (nSPS) is 12.0. The number of carbonyl (C=O) groups excluding carboxylic acids is 1. The number of rotatable bonds is 6. The van der Waals surface area contributed by atoms with Crippen LogP contribution < -0.4 is 0 Å². The first-order valence-corrected chi connectivity index (χ1v) is 8.22. The zero-order chi connectivity index (χ0) is 18.6. The van der Waals surface area contributed by atoms with Gasteiger partial charge in [0.1, 0.15) is 23.4 Å². The lowest BCUT2D eigenvalue weighted by Gasteiger charge is -2.16. The maximum Gasteiger partial charge on any atom is 0.308 e. The van der Waals surface area contributed by atoms with Gasteiger partial charge in [0.2, 0.25) is 0 Å². The summed E-state index contributed by atoms with van der Waals surface area (Å²) in [5, 5.41) is 19.6. The lowest BCUT2D eigenvalue weighted by molar-refractivity contribution is -0.153. The third-order valence-corrected chi connectivity index (χ3v) is 3.71. The van der Waals surface area contributed by atoms with Gasteiger partial charge in [-0.05, 0) is 38.1 Å². The lowest BCUT2D eigenvalue weighted by atomic mass is 10.1. The van der Waals surface area contributed by atoms with Crippen molar-refractivity contribution in [1.82, 2.24) is 0 Å². The zero-order valence-corrected chi connectivity index (χ0v) is 14.9. The van der Waals surface area contributed by atoms with E-state index in [9.17, 15) is 15.0 Å². The van der Waals surface area contributed by atoms with Gasteiger partial charge >= 0.3 is 5.97 Å². The van der Waals surface area contributed by atoms with E-state index in [1.165, 1.54) is 24.5 Å². The summed E-state index contributed by atoms with van der Waals surface area (Å²) in [5.41, 5.74) is 2.20. The van der Waals surface area contributed by atoms with E-state index >= 15 is 0 Å². The maximum absolute atomic E-state index is 12.0. The molecular formula is C20H24O5. The van der Waals surface area contributed by atoms with Crippen LogP contribution in [-0.4, -0.2) is 16.2 Å². The number of aromatic hydroxyl groups is 2. The van der Waals surface area contributed by atoms with Crippen LogP contribution in [0.3, 0.4) is 0 Å². The fourth-order valence-electron chi connectivity index (χ4n) is 2.25. The summed E-state index contributed by atoms with van der Waals surface area (Å²) < 4.78 is 11.1. The molecule has 0 fully saturated rings. The highest BCUT2D eigenvalue weighted by molar-refractivity contribution is 5.72. The molecular weight excluding hydrogens is 320 g/mol. The minimum absolute atomic E-state index is 0.00118. The Bertz CT molecular complexity index is 766. The molecule has 0 spiro atoms. The van der Waals surface area contributed by atoms with Gasteiger partial charge in [-0.2, -0.15) is 0 Å². The molecule has 1 aromatic heterocycles. The van der Waals surface area contributed by atoms with Gasteiger partial charge in [0, 0.05) is 12.0 Å². The molecule has 0 aliphatic carbocycles. The van der Waals surface area contributed by atoms with Crippen molar-refractivity contribution >= 4 is 5.97 Å². The third kappa shape index (κ3) is 4.89. The number of esters is 1. The van der Waals surface area contributed by atoms with Crippen molar-refractivity contribution in [2.45, 2.75) is 40.2 Å². The molecule has 0 radical (unpaired) electrons. The van der Waals surface area contributed by atoms with Gasteiger partial charge in [-0.25, -0.2) is 0 Å². The van der Waals surface area contributed by atoms with E-state index in [-0.39, 0.29) is 23.4 Å². The average Bonchev–Trinajstić information content (AvgIpc) is 3.02. The minimum atomic E-state index is -0.471. The van der Waals surface area contributed by atoms with Crippen LogP contribution >= 0.6 is 0 Å². The van der Waals surface area contributed by atoms with Crippen LogP contribution in [0.15, 0.2) is 46.6 Å². The highest BCUT2D eigenvalue weighted by Gasteiger charge is 2.21. The maximum atomic E-state index is 12.0. The van der Waals surface area contributed by atoms with Gasteiger partial charge in [0.15, 0.2) is 0 Å². The van der Waals surface area contributed by atoms with Gasteiger partial charge in [0.25, 0.3) is 0 Å². The van der Waals surface area contributed by atoms with Crippen molar-refractivity contribution in [3.8, 4) is 22.8 Å². The Labute approximate surface area is 147 Å². The predicted octanol–water partition coefficient (Wildman–Crippen LogP) is 4.95. The monoisotopic (exact) mass is 344 g/mol. The molecule has 5 heteroatoms. The smallest absolute Gasteiger partial charge is 0.308 e. The van der Waals surface area contributed by atoms with Crippen LogP contribution in [0.5, 0.6) is 11.5 Å². The summed E-state index contributed by atoms with van der Waals surface area (Å²) in [5.74, 6) is -0.0891. The van der Waals surface area contributed by atoms with Crippen LogP contribution in [0.1, 0.15) is 45.8 Å². The van der Waals surface area contributed by atoms with Crippen molar-refractivity contribution in [2.24, 2.45) is 5.92 Å². The summed E-state index contributed by atoms with van der Waals surface area (Å²) in [6.45, 7) is 7.53. The molecule has 5 nitrogen and oxygen atoms in total. The molecule has 25 heavy (non-hydrogen) atoms. The van der Waals surface area contributed by atoms with E-state index in [1.54, 1.807) is 19.9 Å². The van der Waals surface area contributed by atoms with Crippen LogP contribution in [0.2, 0.25) is 0 Å². The first kappa shape index (κ1) is 18.6. The number of phenols is 2. The molecule has 0 saturated carbocycles. The van der Waals surface area contributed by atoms with Crippen molar-refractivity contribution in [3.05, 3.63) is 47.7 Å². The van der Waals surface area contributed by atoms with Crippen molar-refractivity contribution < 1.29 is 24.2 Å². The second-order valence-electron chi connectivity index (χ2n) is 6.54. The predicted molar refractivity (Wildman–Crippen MR) is 95.2 cm³/mol. The number of hydrogen-bond acceptors (Lipinski definition) is 5. The molecule has 2 rings (SSSR count). The topological polar surface area (TPSA) is 79.9 Å². The van der Waals surface area contributed by atoms with E-state index in [0.29, 0.717) is 23.3 Å². The average molecular weight is 344 g/mol. The van der Waals surface area contributed by atoms with Gasteiger partial charge in [-0.3, -0.25) is 4.79 Å². The second-order valence-corrected chi connectivity index (χ2v) is 6.54. The summed E-state index contributed by atoms with van der Waals surface area (Å²) in [7, 11) is 0. The van der Waals surface area contributed by atoms with Crippen LogP contribution in [0.25, 0.3) is 11.3 Å². The number of benzene rings is 1. The Morgan fingerprint density at radius 1 is 1.24 bits per heavy atom. The van der Waals surface area contributed by atoms with Crippen molar-refractivity contribution in [1.29, 1.82) is 0 Å². The highest BCUT2D eigenvalue weighted by Crippen LogP contribution is 2.36. The molecule has 1 heterocycles. The number of allylic oxidation sites excluding steroid dienone is 1. The van der Waals surface area contributed by atoms with Gasteiger partial charge < -0.3 is 19.4 Å². The Balaban J connectivity index is 2.32. The number of furan rings is 1. The molecule has 0 aliphatic rings. The second kappa shape index (κ2) is 7.92. The largest absolute Gasteiger partial charge is 0.508 e. The number of phenolic OH excluding ortho intramolecular Hbond substituents is 2. The van der Waals surface area contributed by atoms with E-state index in [4.69, 9.17) is 9.15 Å². The van der Waals surface area contributed by atoms with Crippen LogP contribution in [-0.2, 0) is 9.53 Å². The molecule has 0 unspecified atom stereocenters. The molecule has 0 saturated heterocycles. The number of hydrogen-bond donors (Lipinski definition) is 2. The molecule has 0 bridgehead atoms. The highest BCUT2D eigenvalue weighted by atomic mass is 16.5. The fourth-order valence-corrected chi connectivity index (χ4v) is 2.25. The summed E-state index contributed by atoms with van der Waals surface area (Å²) in [6, 6.07) is 5.92. The molecule has 0 amide bonds. The van der Waals surface area contributed by atoms with Crippen molar-refractivity contribution in [2.75, 3.05) is 0 Å². The molecule has 134 valence electrons. The first-order chi connectivity index (χ1) is 11.8. The Morgan fingerprint density at radius 3 is 2.60 bits per heavy atom. The zero-order valence-electron chi connectivity index (χ0n) is 14.9. The van der Waals surface area contributed by atoms with E-state index in [2.05, 4.69) is 0 Å². The SMILES string of the molecule is CC(C)=CC[C@@H](OC(=O)C(C)C)c1coc(-c2cc(O)ccc2O)c1. The quantitative estimate of drug-likeness (QED) is 0.440. The Morgan fingerprint density at radius 2 is 1.96 bits per heavy atom. The summed E-state index contributed by atoms with van der Waals surface area (Å²) in [4.78, 5) is 12.0. The van der Waals surface area contributed by atoms with E-state index in [1.807, 2.05) is 19.9 Å². The number of ether oxygens (including phenoxy) is 1. The number of carbonyl (C=O) groups is 1. The van der Waals surface area contributed by atoms with Crippen LogP contribution in [0.4, 0.5) is 0 Å². The molecule has 2 aromatic rings. The summed E-state index contributed by atoms with van der Waals surface area (Å²) >= 11 is 0. The van der Waals surface area contributed by atoms with Gasteiger partial charge in [0.05, 0.1) is 17.7 Å². The summed E-state index contributed by atoms with van der Waals surface area (Å²) in [6.07, 6.45) is 3.57. The Hall–Kier alpha value is -2.69. The molecule has 1 aromatic carbocycles. The third-order valence-electron chi connectivity index (χ3n) is 3.71. The van der Waals surface area contributed by atoms with E-state index in [0.717, 1.165) is 5.57 Å². The van der Waals surface area contributed by atoms with Crippen LogP contribution in [0, 0.1) is 5.92 Å². The minimum Gasteiger partial charge on any atom is -0.508 e. The van der Waals surface area contributed by atoms with Gasteiger partial charge in [-0.15, -0.1) is 0 Å². The lowest BCUT2D eigenvalue weighted by Crippen LogP contribution is -2.15. The standard InChI is InChI=1S/C20H24O5/c1-12(2)5-8-18(25-20(23)13(3)4)14-9-19(24-11-14)16-10-15(21)6-7-17(16)22/h5-7,9-11,13,18,21-22H,8H2,1-4H3/t18-/m1/s1. The molecule has 0 aliphatic heterocycles.